The first-order chi connectivity index (χ1) is 11.8. The smallest absolute Gasteiger partial charge is 0.338 e. The largest absolute Gasteiger partial charge is 0.462 e. The Kier molecular flexibility index (Phi) is 4.81. The first kappa shape index (κ1) is 15.7. The average Bonchev–Trinajstić information content (AvgIpc) is 2.63. The van der Waals surface area contributed by atoms with Crippen LogP contribution < -0.4 is 5.32 Å². The number of benzene rings is 1. The van der Waals surface area contributed by atoms with Gasteiger partial charge < -0.3 is 10.1 Å². The number of anilines is 2. The van der Waals surface area contributed by atoms with Crippen LogP contribution in [0.1, 0.15) is 17.3 Å². The second-order valence-electron chi connectivity index (χ2n) is 5.10. The Morgan fingerprint density at radius 2 is 1.96 bits per heavy atom. The van der Waals surface area contributed by atoms with Gasteiger partial charge in [-0.15, -0.1) is 0 Å². The SMILES string of the molecule is CCOC(=O)c1cccc(Nc2ccnc(-c3cccnc3)c2)c1. The number of pyridine rings is 2. The van der Waals surface area contributed by atoms with Gasteiger partial charge in [0.1, 0.15) is 0 Å². The third kappa shape index (κ3) is 3.76. The summed E-state index contributed by atoms with van der Waals surface area (Å²) in [4.78, 5) is 20.3. The van der Waals surface area contributed by atoms with E-state index in [9.17, 15) is 4.79 Å². The number of carbonyl (C=O) groups is 1. The lowest BCUT2D eigenvalue weighted by molar-refractivity contribution is 0.0526. The predicted octanol–water partition coefficient (Wildman–Crippen LogP) is 4.06. The first-order valence-electron chi connectivity index (χ1n) is 7.67. The number of aromatic nitrogens is 2. The van der Waals surface area contributed by atoms with Crippen LogP contribution in [-0.4, -0.2) is 22.5 Å². The first-order valence-corrected chi connectivity index (χ1v) is 7.67. The van der Waals surface area contributed by atoms with E-state index >= 15 is 0 Å². The Hall–Kier alpha value is -3.21. The van der Waals surface area contributed by atoms with Crippen molar-refractivity contribution in [1.29, 1.82) is 0 Å². The maximum atomic E-state index is 11.8. The topological polar surface area (TPSA) is 64.1 Å². The molecule has 24 heavy (non-hydrogen) atoms. The van der Waals surface area contributed by atoms with Crippen LogP contribution >= 0.6 is 0 Å². The van der Waals surface area contributed by atoms with Crippen molar-refractivity contribution in [3.63, 3.8) is 0 Å². The number of hydrogen-bond donors (Lipinski definition) is 1. The van der Waals surface area contributed by atoms with E-state index < -0.39 is 0 Å². The molecule has 2 heterocycles. The van der Waals surface area contributed by atoms with Gasteiger partial charge in [0.2, 0.25) is 0 Å². The molecule has 1 N–H and O–H groups in total. The fraction of sp³-hybridized carbons (Fsp3) is 0.105. The maximum absolute atomic E-state index is 11.8. The standard InChI is InChI=1S/C19H17N3O2/c1-2-24-19(23)14-5-3-7-16(11-14)22-17-8-10-21-18(12-17)15-6-4-9-20-13-15/h3-13H,2H2,1H3,(H,21,22). The van der Waals surface area contributed by atoms with Gasteiger partial charge in [0, 0.05) is 35.5 Å². The van der Waals surface area contributed by atoms with E-state index in [1.807, 2.05) is 36.4 Å². The van der Waals surface area contributed by atoms with E-state index in [-0.39, 0.29) is 5.97 Å². The molecule has 5 nitrogen and oxygen atoms in total. The highest BCUT2D eigenvalue weighted by Gasteiger charge is 2.07. The molecule has 120 valence electrons. The van der Waals surface area contributed by atoms with Crippen LogP contribution in [0, 0.1) is 0 Å². The molecule has 0 atom stereocenters. The summed E-state index contributed by atoms with van der Waals surface area (Å²) in [5, 5.41) is 3.28. The van der Waals surface area contributed by atoms with Crippen LogP contribution in [0.3, 0.4) is 0 Å². The molecule has 3 rings (SSSR count). The number of nitrogens with zero attached hydrogens (tertiary/aromatic N) is 2. The minimum atomic E-state index is -0.327. The molecule has 0 unspecified atom stereocenters. The van der Waals surface area contributed by atoms with Crippen LogP contribution in [-0.2, 0) is 4.74 Å². The van der Waals surface area contributed by atoms with Crippen molar-refractivity contribution in [3.8, 4) is 11.3 Å². The number of carbonyl (C=O) groups excluding carboxylic acids is 1. The second kappa shape index (κ2) is 7.37. The van der Waals surface area contributed by atoms with Crippen molar-refractivity contribution >= 4 is 17.3 Å². The van der Waals surface area contributed by atoms with Gasteiger partial charge >= 0.3 is 5.97 Å². The van der Waals surface area contributed by atoms with E-state index in [0.717, 1.165) is 22.6 Å². The van der Waals surface area contributed by atoms with Crippen molar-refractivity contribution in [2.24, 2.45) is 0 Å². The fourth-order valence-electron chi connectivity index (χ4n) is 2.29. The van der Waals surface area contributed by atoms with Crippen molar-refractivity contribution in [3.05, 3.63) is 72.7 Å². The number of nitrogens with one attached hydrogen (secondary N) is 1. The van der Waals surface area contributed by atoms with Crippen LogP contribution in [0.15, 0.2) is 67.1 Å². The number of esters is 1. The van der Waals surface area contributed by atoms with E-state index in [2.05, 4.69) is 15.3 Å². The molecular formula is C19H17N3O2. The summed E-state index contributed by atoms with van der Waals surface area (Å²) in [6.07, 6.45) is 5.24. The molecule has 0 aliphatic heterocycles. The van der Waals surface area contributed by atoms with Crippen LogP contribution in [0.4, 0.5) is 11.4 Å². The summed E-state index contributed by atoms with van der Waals surface area (Å²) in [5.74, 6) is -0.327. The summed E-state index contributed by atoms with van der Waals surface area (Å²) in [6.45, 7) is 2.15. The average molecular weight is 319 g/mol. The quantitative estimate of drug-likeness (QED) is 0.718. The summed E-state index contributed by atoms with van der Waals surface area (Å²) >= 11 is 0. The molecule has 0 amide bonds. The van der Waals surface area contributed by atoms with E-state index in [1.54, 1.807) is 37.6 Å². The van der Waals surface area contributed by atoms with E-state index in [4.69, 9.17) is 4.74 Å². The number of rotatable bonds is 5. The molecule has 0 saturated heterocycles. The third-order valence-corrected chi connectivity index (χ3v) is 3.38. The molecule has 0 bridgehead atoms. The Balaban J connectivity index is 1.82. The van der Waals surface area contributed by atoms with Crippen molar-refractivity contribution in [2.45, 2.75) is 6.92 Å². The van der Waals surface area contributed by atoms with Gasteiger partial charge in [0.05, 0.1) is 17.9 Å². The summed E-state index contributed by atoms with van der Waals surface area (Å²) < 4.78 is 5.03. The Morgan fingerprint density at radius 1 is 1.08 bits per heavy atom. The molecule has 1 aromatic carbocycles. The van der Waals surface area contributed by atoms with E-state index in [1.165, 1.54) is 0 Å². The molecule has 5 heteroatoms. The monoisotopic (exact) mass is 319 g/mol. The van der Waals surface area contributed by atoms with Crippen LogP contribution in [0.25, 0.3) is 11.3 Å². The highest BCUT2D eigenvalue weighted by molar-refractivity contribution is 5.90. The minimum Gasteiger partial charge on any atom is -0.462 e. The molecule has 0 aliphatic carbocycles. The molecule has 0 spiro atoms. The van der Waals surface area contributed by atoms with E-state index in [0.29, 0.717) is 12.2 Å². The third-order valence-electron chi connectivity index (χ3n) is 3.38. The van der Waals surface area contributed by atoms with Gasteiger partial charge in [-0.1, -0.05) is 6.07 Å². The normalized spacial score (nSPS) is 10.2. The zero-order valence-electron chi connectivity index (χ0n) is 13.3. The number of ether oxygens (including phenoxy) is 1. The summed E-state index contributed by atoms with van der Waals surface area (Å²) in [6, 6.07) is 14.9. The van der Waals surface area contributed by atoms with Crippen LogP contribution in [0.2, 0.25) is 0 Å². The zero-order valence-corrected chi connectivity index (χ0v) is 13.3. The molecule has 0 saturated carbocycles. The molecule has 0 fully saturated rings. The second-order valence-corrected chi connectivity index (χ2v) is 5.10. The lowest BCUT2D eigenvalue weighted by Gasteiger charge is -2.09. The van der Waals surface area contributed by atoms with Crippen molar-refractivity contribution < 1.29 is 9.53 Å². The van der Waals surface area contributed by atoms with Gasteiger partial charge in [-0.05, 0) is 49.4 Å². The van der Waals surface area contributed by atoms with Crippen molar-refractivity contribution in [1.82, 2.24) is 9.97 Å². The van der Waals surface area contributed by atoms with Gasteiger partial charge in [-0.2, -0.15) is 0 Å². The minimum absolute atomic E-state index is 0.327. The molecule has 3 aromatic rings. The summed E-state index contributed by atoms with van der Waals surface area (Å²) in [7, 11) is 0. The zero-order chi connectivity index (χ0) is 16.8. The number of hydrogen-bond acceptors (Lipinski definition) is 5. The highest BCUT2D eigenvalue weighted by Crippen LogP contribution is 2.22. The van der Waals surface area contributed by atoms with Gasteiger partial charge in [-0.25, -0.2) is 4.79 Å². The predicted molar refractivity (Wildman–Crippen MR) is 93.1 cm³/mol. The molecule has 0 radical (unpaired) electrons. The highest BCUT2D eigenvalue weighted by atomic mass is 16.5. The maximum Gasteiger partial charge on any atom is 0.338 e. The van der Waals surface area contributed by atoms with Gasteiger partial charge in [-0.3, -0.25) is 9.97 Å². The van der Waals surface area contributed by atoms with Crippen LogP contribution in [0.5, 0.6) is 0 Å². The van der Waals surface area contributed by atoms with Gasteiger partial charge in [0.15, 0.2) is 0 Å². The lowest BCUT2D eigenvalue weighted by Crippen LogP contribution is -2.04. The van der Waals surface area contributed by atoms with Crippen molar-refractivity contribution in [2.75, 3.05) is 11.9 Å². The molecule has 0 aliphatic rings. The Labute approximate surface area is 140 Å². The molecule has 2 aromatic heterocycles. The Bertz CT molecular complexity index is 835. The Morgan fingerprint density at radius 3 is 2.75 bits per heavy atom. The summed E-state index contributed by atoms with van der Waals surface area (Å²) in [5.41, 5.74) is 3.98. The fourth-order valence-corrected chi connectivity index (χ4v) is 2.29. The molecular weight excluding hydrogens is 302 g/mol. The van der Waals surface area contributed by atoms with Gasteiger partial charge in [0.25, 0.3) is 0 Å². The lowest BCUT2D eigenvalue weighted by atomic mass is 10.1.